The Balaban J connectivity index is 2.87. The van der Waals surface area contributed by atoms with Gasteiger partial charge in [0, 0.05) is 12.8 Å². The van der Waals surface area contributed by atoms with E-state index in [9.17, 15) is 14.4 Å². The van der Waals surface area contributed by atoms with Crippen LogP contribution in [-0.4, -0.2) is 32.8 Å². The van der Waals surface area contributed by atoms with Crippen LogP contribution in [0.1, 0.15) is 12.8 Å². The second kappa shape index (κ2) is 2.98. The molecule has 2 amide bonds. The fourth-order valence-corrected chi connectivity index (χ4v) is 1.10. The van der Waals surface area contributed by atoms with E-state index in [0.29, 0.717) is 4.90 Å². The van der Waals surface area contributed by atoms with E-state index in [1.165, 1.54) is 0 Å². The van der Waals surface area contributed by atoms with E-state index in [0.717, 1.165) is 0 Å². The van der Waals surface area contributed by atoms with Crippen molar-refractivity contribution in [1.29, 1.82) is 0 Å². The largest absolute Gasteiger partial charge is 0.476 e. The summed E-state index contributed by atoms with van der Waals surface area (Å²) in [5.74, 6) is -2.49. The van der Waals surface area contributed by atoms with E-state index < -0.39 is 22.8 Å². The lowest BCUT2D eigenvalue weighted by Crippen LogP contribution is -2.38. The van der Waals surface area contributed by atoms with Crippen molar-refractivity contribution in [2.24, 2.45) is 0 Å². The fraction of sp³-hybridized carbons (Fsp3) is 0.333. The molecule has 1 rings (SSSR count). The molecule has 0 bridgehead atoms. The van der Waals surface area contributed by atoms with Gasteiger partial charge in [0.2, 0.25) is 16.8 Å². The van der Waals surface area contributed by atoms with Crippen molar-refractivity contribution in [1.82, 2.24) is 4.90 Å². The molecule has 0 atom stereocenters. The molecular formula is C6H5NO4S. The van der Waals surface area contributed by atoms with E-state index in [2.05, 4.69) is 12.2 Å². The highest BCUT2D eigenvalue weighted by molar-refractivity contribution is 7.82. The molecule has 0 aliphatic carbocycles. The van der Waals surface area contributed by atoms with Crippen LogP contribution in [0.3, 0.4) is 0 Å². The lowest BCUT2D eigenvalue weighted by Gasteiger charge is -2.09. The van der Waals surface area contributed by atoms with Crippen LogP contribution in [0.4, 0.5) is 0 Å². The van der Waals surface area contributed by atoms with E-state index >= 15 is 0 Å². The van der Waals surface area contributed by atoms with Crippen LogP contribution in [-0.2, 0) is 14.4 Å². The summed E-state index contributed by atoms with van der Waals surface area (Å²) in [5.41, 5.74) is 0. The van der Waals surface area contributed by atoms with Gasteiger partial charge in [-0.3, -0.25) is 9.59 Å². The third-order valence-electron chi connectivity index (χ3n) is 1.44. The zero-order valence-electron chi connectivity index (χ0n) is 5.94. The quantitative estimate of drug-likeness (QED) is 0.410. The second-order valence-electron chi connectivity index (χ2n) is 2.23. The van der Waals surface area contributed by atoms with Crippen LogP contribution in [0, 0.1) is 0 Å². The van der Waals surface area contributed by atoms with Crippen LogP contribution >= 0.6 is 12.2 Å². The Morgan fingerprint density at radius 1 is 1.33 bits per heavy atom. The summed E-state index contributed by atoms with van der Waals surface area (Å²) in [5, 5.41) is 8.39. The normalized spacial score (nSPS) is 16.8. The molecule has 0 spiro atoms. The average molecular weight is 187 g/mol. The van der Waals surface area contributed by atoms with Crippen molar-refractivity contribution in [3.8, 4) is 0 Å². The van der Waals surface area contributed by atoms with Gasteiger partial charge in [-0.25, -0.2) is 9.69 Å². The molecule has 1 aliphatic heterocycles. The zero-order chi connectivity index (χ0) is 9.30. The number of amides is 2. The standard InChI is InChI=1S/C6H5NO4S/c8-3-1-2-4(9)7(3)5(12)6(10)11/h1-2H2,(H,10,11). The Kier molecular flexibility index (Phi) is 2.18. The lowest BCUT2D eigenvalue weighted by molar-refractivity contribution is -0.137. The number of aliphatic carboxylic acids is 1. The Bertz CT molecular complexity index is 269. The van der Waals surface area contributed by atoms with Crippen molar-refractivity contribution in [3.63, 3.8) is 0 Å². The summed E-state index contributed by atoms with van der Waals surface area (Å²) in [7, 11) is 0. The maximum Gasteiger partial charge on any atom is 0.364 e. The average Bonchev–Trinajstić information content (AvgIpc) is 2.30. The Labute approximate surface area is 73.0 Å². The SMILES string of the molecule is O=C(O)C(=S)N1C(=O)CCC1=O. The van der Waals surface area contributed by atoms with Crippen molar-refractivity contribution < 1.29 is 19.5 Å². The van der Waals surface area contributed by atoms with E-state index in [4.69, 9.17) is 5.11 Å². The van der Waals surface area contributed by atoms with Crippen LogP contribution < -0.4 is 0 Å². The van der Waals surface area contributed by atoms with Crippen LogP contribution in [0.25, 0.3) is 0 Å². The van der Waals surface area contributed by atoms with Crippen LogP contribution in [0.2, 0.25) is 0 Å². The number of likely N-dealkylation sites (tertiary alicyclic amines) is 1. The van der Waals surface area contributed by atoms with Gasteiger partial charge in [0.15, 0.2) is 0 Å². The molecule has 12 heavy (non-hydrogen) atoms. The predicted octanol–water partition coefficient (Wildman–Crippen LogP) is -0.453. The van der Waals surface area contributed by atoms with Gasteiger partial charge < -0.3 is 5.11 Å². The fourth-order valence-electron chi connectivity index (χ4n) is 0.899. The molecule has 1 fully saturated rings. The smallest absolute Gasteiger partial charge is 0.364 e. The third-order valence-corrected chi connectivity index (χ3v) is 1.79. The van der Waals surface area contributed by atoms with Crippen molar-refractivity contribution in [3.05, 3.63) is 0 Å². The van der Waals surface area contributed by atoms with Gasteiger partial charge in [0.25, 0.3) is 0 Å². The summed E-state index contributed by atoms with van der Waals surface area (Å²) >= 11 is 4.38. The molecule has 0 unspecified atom stereocenters. The molecular weight excluding hydrogens is 182 g/mol. The van der Waals surface area contributed by atoms with Gasteiger partial charge >= 0.3 is 5.97 Å². The highest BCUT2D eigenvalue weighted by atomic mass is 32.1. The first-order chi connectivity index (χ1) is 5.54. The van der Waals surface area contributed by atoms with Gasteiger partial charge in [0.05, 0.1) is 0 Å². The molecule has 0 aromatic carbocycles. The Morgan fingerprint density at radius 3 is 2.08 bits per heavy atom. The number of carbonyl (C=O) groups excluding carboxylic acids is 2. The highest BCUT2D eigenvalue weighted by Gasteiger charge is 2.34. The van der Waals surface area contributed by atoms with E-state index in [-0.39, 0.29) is 12.8 Å². The van der Waals surface area contributed by atoms with Gasteiger partial charge in [-0.05, 0) is 0 Å². The maximum absolute atomic E-state index is 10.9. The summed E-state index contributed by atoms with van der Waals surface area (Å²) in [6, 6.07) is 0. The van der Waals surface area contributed by atoms with Crippen LogP contribution in [0.5, 0.6) is 0 Å². The molecule has 1 N–H and O–H groups in total. The van der Waals surface area contributed by atoms with Crippen LogP contribution in [0.15, 0.2) is 0 Å². The van der Waals surface area contributed by atoms with Crippen molar-refractivity contribution >= 4 is 35.0 Å². The van der Waals surface area contributed by atoms with Gasteiger partial charge in [-0.2, -0.15) is 0 Å². The molecule has 0 aromatic heterocycles. The minimum absolute atomic E-state index is 0.0479. The Hall–Kier alpha value is -1.30. The number of carbonyl (C=O) groups is 3. The van der Waals surface area contributed by atoms with Crippen molar-refractivity contribution in [2.75, 3.05) is 0 Å². The summed E-state index contributed by atoms with van der Waals surface area (Å²) in [4.78, 5) is 32.0. The maximum atomic E-state index is 10.9. The number of hydrogen-bond donors (Lipinski definition) is 1. The number of hydrogen-bond acceptors (Lipinski definition) is 4. The first kappa shape index (κ1) is 8.79. The molecule has 64 valence electrons. The molecule has 5 nitrogen and oxygen atoms in total. The molecule has 1 heterocycles. The number of nitrogens with zero attached hydrogens (tertiary/aromatic N) is 1. The number of thiocarbonyl (C=S) groups is 1. The first-order valence-corrected chi connectivity index (χ1v) is 3.58. The lowest BCUT2D eigenvalue weighted by atomic mass is 10.4. The minimum Gasteiger partial charge on any atom is -0.476 e. The number of imide groups is 1. The van der Waals surface area contributed by atoms with Gasteiger partial charge in [-0.15, -0.1) is 0 Å². The van der Waals surface area contributed by atoms with Crippen molar-refractivity contribution in [2.45, 2.75) is 12.8 Å². The monoisotopic (exact) mass is 187 g/mol. The number of carboxylic acids is 1. The van der Waals surface area contributed by atoms with Gasteiger partial charge in [-0.1, -0.05) is 12.2 Å². The molecule has 1 aliphatic rings. The third kappa shape index (κ3) is 1.33. The highest BCUT2D eigenvalue weighted by Crippen LogP contribution is 2.12. The molecule has 6 heteroatoms. The predicted molar refractivity (Wildman–Crippen MR) is 41.3 cm³/mol. The second-order valence-corrected chi connectivity index (χ2v) is 2.62. The summed E-state index contributed by atoms with van der Waals surface area (Å²) < 4.78 is 0. The molecule has 0 radical (unpaired) electrons. The molecule has 1 saturated heterocycles. The number of carboxylic acid groups (broad SMARTS) is 1. The topological polar surface area (TPSA) is 74.7 Å². The molecule has 0 aromatic rings. The zero-order valence-corrected chi connectivity index (χ0v) is 6.76. The first-order valence-electron chi connectivity index (χ1n) is 3.17. The summed E-state index contributed by atoms with van der Waals surface area (Å²) in [6.45, 7) is 0. The summed E-state index contributed by atoms with van der Waals surface area (Å²) in [6.07, 6.45) is 0.0957. The van der Waals surface area contributed by atoms with E-state index in [1.807, 2.05) is 0 Å². The molecule has 0 saturated carbocycles. The van der Waals surface area contributed by atoms with Gasteiger partial charge in [0.1, 0.15) is 0 Å². The Morgan fingerprint density at radius 2 is 1.75 bits per heavy atom. The minimum atomic E-state index is -1.42. The number of rotatable bonds is 0. The van der Waals surface area contributed by atoms with E-state index in [1.54, 1.807) is 0 Å².